The summed E-state index contributed by atoms with van der Waals surface area (Å²) in [5.74, 6) is 0.612. The van der Waals surface area contributed by atoms with Gasteiger partial charge in [0.1, 0.15) is 0 Å². The van der Waals surface area contributed by atoms with E-state index < -0.39 is 0 Å². The zero-order valence-corrected chi connectivity index (χ0v) is 13.0. The van der Waals surface area contributed by atoms with Gasteiger partial charge in [0, 0.05) is 5.33 Å². The van der Waals surface area contributed by atoms with Crippen LogP contribution in [0.4, 0.5) is 0 Å². The molecule has 0 nitrogen and oxygen atoms in total. The van der Waals surface area contributed by atoms with Gasteiger partial charge in [-0.1, -0.05) is 66.0 Å². The van der Waals surface area contributed by atoms with Gasteiger partial charge in [0.15, 0.2) is 0 Å². The van der Waals surface area contributed by atoms with Crippen LogP contribution >= 0.6 is 39.1 Å². The average Bonchev–Trinajstić information content (AvgIpc) is 2.23. The van der Waals surface area contributed by atoms with E-state index >= 15 is 0 Å². The number of alkyl halides is 1. The van der Waals surface area contributed by atoms with Crippen LogP contribution in [0, 0.1) is 11.3 Å². The molecule has 1 aromatic carbocycles. The first-order valence-corrected chi connectivity index (χ1v) is 7.26. The van der Waals surface area contributed by atoms with Crippen molar-refractivity contribution in [1.82, 2.24) is 0 Å². The standard InChI is InChI=1S/C13H17BrCl2/c1-9(2)13(3,8-14)7-10-4-5-11(15)12(16)6-10/h4-6,9H,7-8H2,1-3H3. The number of halogens is 3. The van der Waals surface area contributed by atoms with E-state index in [-0.39, 0.29) is 5.41 Å². The van der Waals surface area contributed by atoms with Crippen LogP contribution in [-0.2, 0) is 6.42 Å². The van der Waals surface area contributed by atoms with Gasteiger partial charge in [-0.25, -0.2) is 0 Å². The molecule has 16 heavy (non-hydrogen) atoms. The molecule has 0 aliphatic rings. The molecular weight excluding hydrogens is 307 g/mol. The van der Waals surface area contributed by atoms with Gasteiger partial charge in [-0.05, 0) is 35.4 Å². The molecule has 0 bridgehead atoms. The predicted molar refractivity (Wildman–Crippen MR) is 76.9 cm³/mol. The van der Waals surface area contributed by atoms with E-state index in [0.29, 0.717) is 16.0 Å². The van der Waals surface area contributed by atoms with Gasteiger partial charge in [0.2, 0.25) is 0 Å². The zero-order chi connectivity index (χ0) is 12.3. The Morgan fingerprint density at radius 2 is 1.88 bits per heavy atom. The van der Waals surface area contributed by atoms with Crippen molar-refractivity contribution in [2.45, 2.75) is 27.2 Å². The van der Waals surface area contributed by atoms with Gasteiger partial charge in [-0.3, -0.25) is 0 Å². The van der Waals surface area contributed by atoms with Crippen LogP contribution in [0.25, 0.3) is 0 Å². The molecule has 0 aromatic heterocycles. The van der Waals surface area contributed by atoms with Crippen LogP contribution < -0.4 is 0 Å². The van der Waals surface area contributed by atoms with E-state index in [1.165, 1.54) is 5.56 Å². The molecule has 0 saturated carbocycles. The second kappa shape index (κ2) is 5.75. The predicted octanol–water partition coefficient (Wildman–Crippen LogP) is 5.59. The van der Waals surface area contributed by atoms with Crippen molar-refractivity contribution < 1.29 is 0 Å². The molecule has 1 unspecified atom stereocenters. The molecule has 0 radical (unpaired) electrons. The number of hydrogen-bond donors (Lipinski definition) is 0. The fraction of sp³-hybridized carbons (Fsp3) is 0.538. The van der Waals surface area contributed by atoms with E-state index in [9.17, 15) is 0 Å². The SMILES string of the molecule is CC(C)C(C)(CBr)Cc1ccc(Cl)c(Cl)c1. The molecule has 0 amide bonds. The molecule has 0 heterocycles. The molecule has 1 aromatic rings. The first-order chi connectivity index (χ1) is 7.39. The maximum Gasteiger partial charge on any atom is 0.0595 e. The Bertz CT molecular complexity index is 363. The van der Waals surface area contributed by atoms with Crippen LogP contribution in [0.1, 0.15) is 26.3 Å². The minimum Gasteiger partial charge on any atom is -0.0922 e. The lowest BCUT2D eigenvalue weighted by atomic mass is 9.76. The first kappa shape index (κ1) is 14.3. The summed E-state index contributed by atoms with van der Waals surface area (Å²) in [5.41, 5.74) is 1.49. The van der Waals surface area contributed by atoms with Crippen molar-refractivity contribution >= 4 is 39.1 Å². The Balaban J connectivity index is 2.90. The lowest BCUT2D eigenvalue weighted by Crippen LogP contribution is -2.28. The maximum absolute atomic E-state index is 6.02. The van der Waals surface area contributed by atoms with Crippen LogP contribution in [0.15, 0.2) is 18.2 Å². The fourth-order valence-corrected chi connectivity index (χ4v) is 2.69. The first-order valence-electron chi connectivity index (χ1n) is 5.39. The topological polar surface area (TPSA) is 0 Å². The maximum atomic E-state index is 6.02. The Morgan fingerprint density at radius 1 is 1.25 bits per heavy atom. The summed E-state index contributed by atoms with van der Waals surface area (Å²) in [4.78, 5) is 0. The molecule has 1 atom stereocenters. The molecule has 1 rings (SSSR count). The minimum atomic E-state index is 0.247. The molecule has 0 fully saturated rings. The lowest BCUT2D eigenvalue weighted by molar-refractivity contribution is 0.258. The van der Waals surface area contributed by atoms with Gasteiger partial charge < -0.3 is 0 Å². The monoisotopic (exact) mass is 322 g/mol. The normalized spacial score (nSPS) is 15.2. The van der Waals surface area contributed by atoms with Crippen molar-refractivity contribution in [3.63, 3.8) is 0 Å². The van der Waals surface area contributed by atoms with Gasteiger partial charge in [-0.15, -0.1) is 0 Å². The van der Waals surface area contributed by atoms with E-state index in [2.05, 4.69) is 42.8 Å². The van der Waals surface area contributed by atoms with Crippen molar-refractivity contribution in [1.29, 1.82) is 0 Å². The smallest absolute Gasteiger partial charge is 0.0595 e. The third-order valence-electron chi connectivity index (χ3n) is 3.29. The Labute approximate surface area is 116 Å². The summed E-state index contributed by atoms with van der Waals surface area (Å²) in [5, 5.41) is 2.24. The van der Waals surface area contributed by atoms with Gasteiger partial charge >= 0.3 is 0 Å². The third kappa shape index (κ3) is 3.38. The highest BCUT2D eigenvalue weighted by molar-refractivity contribution is 9.09. The number of hydrogen-bond acceptors (Lipinski definition) is 0. The Hall–Kier alpha value is 0.280. The quantitative estimate of drug-likeness (QED) is 0.633. The molecule has 0 aliphatic carbocycles. The van der Waals surface area contributed by atoms with Gasteiger partial charge in [-0.2, -0.15) is 0 Å². The summed E-state index contributed by atoms with van der Waals surface area (Å²) >= 11 is 15.5. The highest BCUT2D eigenvalue weighted by atomic mass is 79.9. The van der Waals surface area contributed by atoms with Crippen LogP contribution in [-0.4, -0.2) is 5.33 Å². The number of rotatable bonds is 4. The van der Waals surface area contributed by atoms with Gasteiger partial charge in [0.05, 0.1) is 10.0 Å². The zero-order valence-electron chi connectivity index (χ0n) is 9.86. The van der Waals surface area contributed by atoms with Crippen LogP contribution in [0.3, 0.4) is 0 Å². The highest BCUT2D eigenvalue weighted by Gasteiger charge is 2.27. The summed E-state index contributed by atoms with van der Waals surface area (Å²) in [6.07, 6.45) is 1.01. The summed E-state index contributed by atoms with van der Waals surface area (Å²) in [6, 6.07) is 5.89. The van der Waals surface area contributed by atoms with E-state index in [1.54, 1.807) is 0 Å². The van der Waals surface area contributed by atoms with E-state index in [4.69, 9.17) is 23.2 Å². The Morgan fingerprint density at radius 3 is 2.31 bits per heavy atom. The summed E-state index contributed by atoms with van der Waals surface area (Å²) in [7, 11) is 0. The van der Waals surface area contributed by atoms with E-state index in [1.807, 2.05) is 12.1 Å². The molecule has 0 aliphatic heterocycles. The second-order valence-electron chi connectivity index (χ2n) is 4.87. The largest absolute Gasteiger partial charge is 0.0922 e. The van der Waals surface area contributed by atoms with Crippen LogP contribution in [0.5, 0.6) is 0 Å². The molecule has 0 spiro atoms. The third-order valence-corrected chi connectivity index (χ3v) is 5.31. The molecule has 0 N–H and O–H groups in total. The molecule has 0 saturated heterocycles. The van der Waals surface area contributed by atoms with Crippen molar-refractivity contribution in [2.24, 2.45) is 11.3 Å². The summed E-state index contributed by atoms with van der Waals surface area (Å²) in [6.45, 7) is 6.78. The Kier molecular flexibility index (Phi) is 5.15. The molecular formula is C13H17BrCl2. The minimum absolute atomic E-state index is 0.247. The van der Waals surface area contributed by atoms with Crippen molar-refractivity contribution in [2.75, 3.05) is 5.33 Å². The van der Waals surface area contributed by atoms with E-state index in [0.717, 1.165) is 11.8 Å². The summed E-state index contributed by atoms with van der Waals surface area (Å²) < 4.78 is 0. The fourth-order valence-electron chi connectivity index (χ4n) is 1.52. The van der Waals surface area contributed by atoms with Crippen molar-refractivity contribution in [3.8, 4) is 0 Å². The molecule has 90 valence electrons. The number of benzene rings is 1. The second-order valence-corrected chi connectivity index (χ2v) is 6.24. The lowest BCUT2D eigenvalue weighted by Gasteiger charge is -2.32. The van der Waals surface area contributed by atoms with Crippen LogP contribution in [0.2, 0.25) is 10.0 Å². The van der Waals surface area contributed by atoms with Crippen molar-refractivity contribution in [3.05, 3.63) is 33.8 Å². The average molecular weight is 324 g/mol. The highest BCUT2D eigenvalue weighted by Crippen LogP contribution is 2.34. The molecule has 3 heteroatoms. The van der Waals surface area contributed by atoms with Gasteiger partial charge in [0.25, 0.3) is 0 Å².